The fourth-order valence-corrected chi connectivity index (χ4v) is 3.35. The Kier molecular flexibility index (Phi) is 5.25. The van der Waals surface area contributed by atoms with Gasteiger partial charge in [-0.25, -0.2) is 4.52 Å². The first-order valence-corrected chi connectivity index (χ1v) is 9.72. The standard InChI is InChI=1S/C18H25N5O3S/c1-11-7-8-13(25-6)14(9-11)26-27(24)22-12(2)17-20-19-16-10-15(18(3,4)5)21-23(16)17/h7-10,12,21-22H,1-6H3. The van der Waals surface area contributed by atoms with Crippen molar-refractivity contribution in [3.05, 3.63) is 41.3 Å². The molecule has 3 aromatic rings. The lowest BCUT2D eigenvalue weighted by molar-refractivity contribution is 0.395. The molecule has 0 radical (unpaired) electrons. The van der Waals surface area contributed by atoms with Gasteiger partial charge in [-0.1, -0.05) is 26.8 Å². The van der Waals surface area contributed by atoms with Gasteiger partial charge in [0.15, 0.2) is 23.0 Å². The highest BCUT2D eigenvalue weighted by Crippen LogP contribution is 2.28. The zero-order valence-corrected chi connectivity index (χ0v) is 17.2. The van der Waals surface area contributed by atoms with Gasteiger partial charge in [-0.15, -0.1) is 10.2 Å². The monoisotopic (exact) mass is 391 g/mol. The Bertz CT molecular complexity index is 973. The van der Waals surface area contributed by atoms with E-state index in [9.17, 15) is 4.21 Å². The molecule has 2 aromatic heterocycles. The highest BCUT2D eigenvalue weighted by atomic mass is 32.2. The number of aryl methyl sites for hydroxylation is 1. The Hall–Kier alpha value is -2.39. The first kappa shape index (κ1) is 19.4. The van der Waals surface area contributed by atoms with Gasteiger partial charge in [-0.3, -0.25) is 5.10 Å². The van der Waals surface area contributed by atoms with Gasteiger partial charge in [0.1, 0.15) is 0 Å². The van der Waals surface area contributed by atoms with Crippen LogP contribution >= 0.6 is 0 Å². The third-order valence-electron chi connectivity index (χ3n) is 4.17. The van der Waals surface area contributed by atoms with Crippen molar-refractivity contribution in [3.63, 3.8) is 0 Å². The molecular weight excluding hydrogens is 366 g/mol. The Morgan fingerprint density at radius 2 is 1.96 bits per heavy atom. The molecule has 8 nitrogen and oxygen atoms in total. The van der Waals surface area contributed by atoms with Crippen LogP contribution in [0.25, 0.3) is 5.65 Å². The third-order valence-corrected chi connectivity index (χ3v) is 5.05. The van der Waals surface area contributed by atoms with E-state index in [1.165, 1.54) is 0 Å². The second kappa shape index (κ2) is 7.32. The summed E-state index contributed by atoms with van der Waals surface area (Å²) in [6.45, 7) is 10.1. The summed E-state index contributed by atoms with van der Waals surface area (Å²) in [4.78, 5) is 0. The van der Waals surface area contributed by atoms with Gasteiger partial charge in [0, 0.05) is 17.2 Å². The number of H-pyrrole nitrogens is 1. The number of hydrogen-bond donors (Lipinski definition) is 2. The quantitative estimate of drug-likeness (QED) is 0.674. The minimum atomic E-state index is -1.78. The summed E-state index contributed by atoms with van der Waals surface area (Å²) in [5, 5.41) is 11.7. The molecule has 2 heterocycles. The molecule has 0 bridgehead atoms. The molecular formula is C18H25N5O3S. The minimum absolute atomic E-state index is 0.0394. The van der Waals surface area contributed by atoms with Gasteiger partial charge >= 0.3 is 0 Å². The molecule has 27 heavy (non-hydrogen) atoms. The van der Waals surface area contributed by atoms with Crippen molar-refractivity contribution < 1.29 is 13.1 Å². The van der Waals surface area contributed by atoms with E-state index >= 15 is 0 Å². The van der Waals surface area contributed by atoms with Gasteiger partial charge in [-0.05, 0) is 31.5 Å². The maximum Gasteiger partial charge on any atom is 0.288 e. The molecule has 0 aliphatic rings. The molecule has 9 heteroatoms. The number of rotatable bonds is 6. The average molecular weight is 391 g/mol. The van der Waals surface area contributed by atoms with E-state index in [1.807, 2.05) is 26.0 Å². The number of nitrogens with zero attached hydrogens (tertiary/aromatic N) is 3. The SMILES string of the molecule is COc1ccc(C)cc1OS(=O)NC(C)c1nnc2cc(C(C)(C)C)[nH]n12. The Morgan fingerprint density at radius 1 is 1.22 bits per heavy atom. The van der Waals surface area contributed by atoms with Gasteiger partial charge in [0.2, 0.25) is 0 Å². The molecule has 0 aliphatic heterocycles. The number of benzene rings is 1. The van der Waals surface area contributed by atoms with Gasteiger partial charge in [0.25, 0.3) is 11.3 Å². The molecule has 146 valence electrons. The first-order chi connectivity index (χ1) is 12.7. The first-order valence-electron chi connectivity index (χ1n) is 8.64. The number of fused-ring (bicyclic) bond motifs is 1. The predicted octanol–water partition coefficient (Wildman–Crippen LogP) is 2.98. The van der Waals surface area contributed by atoms with Crippen molar-refractivity contribution in [2.45, 2.75) is 46.1 Å². The molecule has 0 amide bonds. The second-order valence-electron chi connectivity index (χ2n) is 7.48. The van der Waals surface area contributed by atoms with Crippen molar-refractivity contribution in [1.29, 1.82) is 0 Å². The highest BCUT2D eigenvalue weighted by Gasteiger charge is 2.22. The van der Waals surface area contributed by atoms with Crippen LogP contribution in [0.3, 0.4) is 0 Å². The van der Waals surface area contributed by atoms with Crippen LogP contribution in [0.1, 0.15) is 50.8 Å². The van der Waals surface area contributed by atoms with Crippen molar-refractivity contribution in [2.75, 3.05) is 7.11 Å². The van der Waals surface area contributed by atoms with Crippen molar-refractivity contribution in [3.8, 4) is 11.5 Å². The number of ether oxygens (including phenoxy) is 1. The van der Waals surface area contributed by atoms with E-state index in [1.54, 1.807) is 23.8 Å². The predicted molar refractivity (Wildman–Crippen MR) is 104 cm³/mol. The van der Waals surface area contributed by atoms with Gasteiger partial charge < -0.3 is 8.92 Å². The van der Waals surface area contributed by atoms with Crippen LogP contribution in [0.15, 0.2) is 24.3 Å². The van der Waals surface area contributed by atoms with Crippen LogP contribution in [0, 0.1) is 6.92 Å². The van der Waals surface area contributed by atoms with E-state index in [0.29, 0.717) is 17.3 Å². The van der Waals surface area contributed by atoms with E-state index in [2.05, 4.69) is 40.8 Å². The lowest BCUT2D eigenvalue weighted by Gasteiger charge is -2.16. The molecule has 0 fully saturated rings. The summed E-state index contributed by atoms with van der Waals surface area (Å²) in [5.41, 5.74) is 2.71. The summed E-state index contributed by atoms with van der Waals surface area (Å²) < 4.78 is 27.9. The average Bonchev–Trinajstić information content (AvgIpc) is 3.14. The zero-order chi connectivity index (χ0) is 19.8. The summed E-state index contributed by atoms with van der Waals surface area (Å²) >= 11 is -1.78. The molecule has 2 unspecified atom stereocenters. The molecule has 2 atom stereocenters. The van der Waals surface area contributed by atoms with E-state index in [4.69, 9.17) is 8.92 Å². The smallest absolute Gasteiger partial charge is 0.288 e. The van der Waals surface area contributed by atoms with Crippen molar-refractivity contribution >= 4 is 16.9 Å². The van der Waals surface area contributed by atoms with E-state index in [-0.39, 0.29) is 11.5 Å². The molecule has 0 spiro atoms. The van der Waals surface area contributed by atoms with Crippen LogP contribution in [0.2, 0.25) is 0 Å². The van der Waals surface area contributed by atoms with Crippen LogP contribution in [-0.4, -0.2) is 31.1 Å². The molecule has 3 rings (SSSR count). The number of aromatic nitrogens is 4. The van der Waals surface area contributed by atoms with E-state index in [0.717, 1.165) is 16.9 Å². The molecule has 1 aromatic carbocycles. The second-order valence-corrected chi connectivity index (χ2v) is 8.36. The van der Waals surface area contributed by atoms with Crippen molar-refractivity contribution in [1.82, 2.24) is 24.5 Å². The maximum absolute atomic E-state index is 12.5. The highest BCUT2D eigenvalue weighted by molar-refractivity contribution is 7.78. The minimum Gasteiger partial charge on any atom is -0.493 e. The molecule has 0 aliphatic carbocycles. The van der Waals surface area contributed by atoms with Crippen LogP contribution in [-0.2, 0) is 16.7 Å². The number of aromatic amines is 1. The Labute approximate surface area is 161 Å². The molecule has 2 N–H and O–H groups in total. The Morgan fingerprint density at radius 3 is 2.63 bits per heavy atom. The lowest BCUT2D eigenvalue weighted by atomic mass is 9.93. The topological polar surface area (TPSA) is 93.5 Å². The number of methoxy groups -OCH3 is 1. The van der Waals surface area contributed by atoms with Crippen molar-refractivity contribution in [2.24, 2.45) is 0 Å². The number of nitrogens with one attached hydrogen (secondary N) is 2. The van der Waals surface area contributed by atoms with Crippen LogP contribution in [0.4, 0.5) is 0 Å². The number of hydrogen-bond acceptors (Lipinski definition) is 5. The van der Waals surface area contributed by atoms with Gasteiger partial charge in [-0.2, -0.15) is 8.93 Å². The molecule has 0 saturated heterocycles. The van der Waals surface area contributed by atoms with Crippen LogP contribution < -0.4 is 13.6 Å². The lowest BCUT2D eigenvalue weighted by Crippen LogP contribution is -2.26. The summed E-state index contributed by atoms with van der Waals surface area (Å²) in [7, 11) is 1.54. The third kappa shape index (κ3) is 4.14. The largest absolute Gasteiger partial charge is 0.493 e. The molecule has 0 saturated carbocycles. The Balaban J connectivity index is 1.76. The summed E-state index contributed by atoms with van der Waals surface area (Å²) in [6, 6.07) is 7.06. The van der Waals surface area contributed by atoms with Gasteiger partial charge in [0.05, 0.1) is 13.2 Å². The van der Waals surface area contributed by atoms with E-state index < -0.39 is 11.3 Å². The fraction of sp³-hybridized carbons (Fsp3) is 0.444. The maximum atomic E-state index is 12.5. The van der Waals surface area contributed by atoms with Crippen LogP contribution in [0.5, 0.6) is 11.5 Å². The zero-order valence-electron chi connectivity index (χ0n) is 16.4. The normalized spacial score (nSPS) is 14.3. The summed E-state index contributed by atoms with van der Waals surface area (Å²) in [5.74, 6) is 1.55. The summed E-state index contributed by atoms with van der Waals surface area (Å²) in [6.07, 6.45) is 0. The fourth-order valence-electron chi connectivity index (χ4n) is 2.62.